The first-order valence-corrected chi connectivity index (χ1v) is 8.58. The van der Waals surface area contributed by atoms with Crippen molar-refractivity contribution in [3.8, 4) is 5.75 Å². The summed E-state index contributed by atoms with van der Waals surface area (Å²) >= 11 is 0. The summed E-state index contributed by atoms with van der Waals surface area (Å²) in [5, 5.41) is 2.92. The summed E-state index contributed by atoms with van der Waals surface area (Å²) in [6.07, 6.45) is 5.98. The summed E-state index contributed by atoms with van der Waals surface area (Å²) in [4.78, 5) is 19.0. The quantitative estimate of drug-likeness (QED) is 0.789. The molecule has 0 aliphatic carbocycles. The molecule has 5 heteroatoms. The van der Waals surface area contributed by atoms with Crippen LogP contribution in [-0.2, 0) is 6.54 Å². The van der Waals surface area contributed by atoms with Gasteiger partial charge in [-0.15, -0.1) is 0 Å². The van der Waals surface area contributed by atoms with Gasteiger partial charge in [-0.2, -0.15) is 0 Å². The Bertz CT molecular complexity index is 705. The van der Waals surface area contributed by atoms with E-state index in [9.17, 15) is 4.79 Å². The zero-order valence-corrected chi connectivity index (χ0v) is 14.3. The van der Waals surface area contributed by atoms with Gasteiger partial charge in [0.2, 0.25) is 0 Å². The van der Waals surface area contributed by atoms with Gasteiger partial charge in [0.05, 0.1) is 0 Å². The van der Waals surface area contributed by atoms with Crippen LogP contribution in [0.15, 0.2) is 55.3 Å². The molecule has 0 unspecified atom stereocenters. The van der Waals surface area contributed by atoms with E-state index < -0.39 is 0 Å². The molecule has 1 fully saturated rings. The standard InChI is InChI=1S/C20H23N3O2/c1-2-13-25-18-8-6-17(7-9-18)20(24)22-15-16-5-10-19(21-14-16)23-11-3-4-12-23/h2,5-10,14H,1,3-4,11-13,15H2,(H,22,24). The predicted octanol–water partition coefficient (Wildman–Crippen LogP) is 3.18. The topological polar surface area (TPSA) is 54.5 Å². The van der Waals surface area contributed by atoms with E-state index in [0.717, 1.165) is 30.2 Å². The molecule has 25 heavy (non-hydrogen) atoms. The minimum absolute atomic E-state index is 0.112. The minimum Gasteiger partial charge on any atom is -0.490 e. The number of nitrogens with zero attached hydrogens (tertiary/aromatic N) is 2. The SMILES string of the molecule is C=CCOc1ccc(C(=O)NCc2ccc(N3CCCC3)nc2)cc1. The summed E-state index contributed by atoms with van der Waals surface area (Å²) in [6.45, 7) is 6.67. The summed E-state index contributed by atoms with van der Waals surface area (Å²) in [7, 11) is 0. The predicted molar refractivity (Wildman–Crippen MR) is 99.0 cm³/mol. The van der Waals surface area contributed by atoms with Crippen molar-refractivity contribution in [2.45, 2.75) is 19.4 Å². The molecule has 2 aromatic rings. The highest BCUT2D eigenvalue weighted by molar-refractivity contribution is 5.94. The van der Waals surface area contributed by atoms with E-state index in [1.165, 1.54) is 12.8 Å². The van der Waals surface area contributed by atoms with Crippen LogP contribution in [0.25, 0.3) is 0 Å². The Morgan fingerprint density at radius 3 is 2.60 bits per heavy atom. The van der Waals surface area contributed by atoms with Gasteiger partial charge in [0.15, 0.2) is 0 Å². The molecule has 1 saturated heterocycles. The number of hydrogen-bond donors (Lipinski definition) is 1. The third-order valence-corrected chi connectivity index (χ3v) is 4.18. The Hall–Kier alpha value is -2.82. The lowest BCUT2D eigenvalue weighted by Gasteiger charge is -2.16. The number of carbonyl (C=O) groups excluding carboxylic acids is 1. The van der Waals surface area contributed by atoms with Gasteiger partial charge < -0.3 is 15.0 Å². The fraction of sp³-hybridized carbons (Fsp3) is 0.300. The first-order valence-electron chi connectivity index (χ1n) is 8.58. The van der Waals surface area contributed by atoms with Gasteiger partial charge in [-0.1, -0.05) is 18.7 Å². The molecule has 1 aromatic carbocycles. The molecule has 1 amide bonds. The summed E-state index contributed by atoms with van der Waals surface area (Å²) in [5.74, 6) is 1.62. The Kier molecular flexibility index (Phi) is 5.67. The average Bonchev–Trinajstić information content (AvgIpc) is 3.20. The van der Waals surface area contributed by atoms with Crippen molar-refractivity contribution in [2.75, 3.05) is 24.6 Å². The third kappa shape index (κ3) is 4.59. The van der Waals surface area contributed by atoms with Crippen molar-refractivity contribution in [1.82, 2.24) is 10.3 Å². The fourth-order valence-corrected chi connectivity index (χ4v) is 2.80. The number of ether oxygens (including phenoxy) is 1. The number of anilines is 1. The van der Waals surface area contributed by atoms with Crippen LogP contribution in [0.2, 0.25) is 0 Å². The van der Waals surface area contributed by atoms with Gasteiger partial charge in [-0.05, 0) is 48.7 Å². The van der Waals surface area contributed by atoms with Crippen LogP contribution in [-0.4, -0.2) is 30.6 Å². The lowest BCUT2D eigenvalue weighted by molar-refractivity contribution is 0.0951. The molecule has 2 heterocycles. The van der Waals surface area contributed by atoms with Gasteiger partial charge in [0, 0.05) is 31.4 Å². The van der Waals surface area contributed by atoms with Crippen LogP contribution in [0.1, 0.15) is 28.8 Å². The largest absolute Gasteiger partial charge is 0.490 e. The Morgan fingerprint density at radius 1 is 1.20 bits per heavy atom. The fourth-order valence-electron chi connectivity index (χ4n) is 2.80. The first kappa shape index (κ1) is 17.0. The zero-order chi connectivity index (χ0) is 17.5. The number of hydrogen-bond acceptors (Lipinski definition) is 4. The smallest absolute Gasteiger partial charge is 0.251 e. The van der Waals surface area contributed by atoms with Crippen LogP contribution in [0.3, 0.4) is 0 Å². The number of carbonyl (C=O) groups is 1. The van der Waals surface area contributed by atoms with Gasteiger partial charge in [-0.3, -0.25) is 4.79 Å². The molecule has 0 bridgehead atoms. The van der Waals surface area contributed by atoms with E-state index in [0.29, 0.717) is 18.7 Å². The molecule has 130 valence electrons. The second-order valence-electron chi connectivity index (χ2n) is 6.03. The molecule has 1 N–H and O–H groups in total. The van der Waals surface area contributed by atoms with Crippen LogP contribution in [0.5, 0.6) is 5.75 Å². The molecule has 1 aromatic heterocycles. The number of aromatic nitrogens is 1. The Labute approximate surface area is 148 Å². The Balaban J connectivity index is 1.52. The zero-order valence-electron chi connectivity index (χ0n) is 14.3. The molecule has 0 atom stereocenters. The van der Waals surface area contributed by atoms with Crippen molar-refractivity contribution in [3.05, 3.63) is 66.4 Å². The Morgan fingerprint density at radius 2 is 1.96 bits per heavy atom. The monoisotopic (exact) mass is 337 g/mol. The number of amides is 1. The van der Waals surface area contributed by atoms with Crippen LogP contribution in [0, 0.1) is 0 Å². The molecule has 1 aliphatic heterocycles. The van der Waals surface area contributed by atoms with Gasteiger partial charge in [0.1, 0.15) is 18.2 Å². The van der Waals surface area contributed by atoms with Crippen molar-refractivity contribution in [1.29, 1.82) is 0 Å². The number of nitrogens with one attached hydrogen (secondary N) is 1. The molecule has 1 aliphatic rings. The maximum Gasteiger partial charge on any atom is 0.251 e. The van der Waals surface area contributed by atoms with Crippen LogP contribution in [0.4, 0.5) is 5.82 Å². The molecule has 5 nitrogen and oxygen atoms in total. The maximum atomic E-state index is 12.2. The average molecular weight is 337 g/mol. The molecule has 0 saturated carbocycles. The third-order valence-electron chi connectivity index (χ3n) is 4.18. The lowest BCUT2D eigenvalue weighted by atomic mass is 10.2. The van der Waals surface area contributed by atoms with Crippen LogP contribution < -0.4 is 15.0 Å². The van der Waals surface area contributed by atoms with Gasteiger partial charge in [-0.25, -0.2) is 4.98 Å². The molecular formula is C20H23N3O2. The highest BCUT2D eigenvalue weighted by Crippen LogP contribution is 2.17. The molecule has 0 spiro atoms. The normalized spacial score (nSPS) is 13.5. The summed E-state index contributed by atoms with van der Waals surface area (Å²) < 4.78 is 5.41. The van der Waals surface area contributed by atoms with Crippen LogP contribution >= 0.6 is 0 Å². The van der Waals surface area contributed by atoms with Crippen molar-refractivity contribution in [3.63, 3.8) is 0 Å². The van der Waals surface area contributed by atoms with E-state index >= 15 is 0 Å². The van der Waals surface area contributed by atoms with E-state index in [4.69, 9.17) is 4.74 Å². The van der Waals surface area contributed by atoms with E-state index in [1.807, 2.05) is 18.3 Å². The molecule has 3 rings (SSSR count). The highest BCUT2D eigenvalue weighted by atomic mass is 16.5. The number of pyridine rings is 1. The van der Waals surface area contributed by atoms with E-state index in [-0.39, 0.29) is 5.91 Å². The van der Waals surface area contributed by atoms with Crippen molar-refractivity contribution in [2.24, 2.45) is 0 Å². The van der Waals surface area contributed by atoms with E-state index in [1.54, 1.807) is 30.3 Å². The van der Waals surface area contributed by atoms with Crippen molar-refractivity contribution >= 4 is 11.7 Å². The number of rotatable bonds is 7. The highest BCUT2D eigenvalue weighted by Gasteiger charge is 2.13. The number of benzene rings is 1. The summed E-state index contributed by atoms with van der Waals surface area (Å²) in [5.41, 5.74) is 1.59. The van der Waals surface area contributed by atoms with Gasteiger partial charge >= 0.3 is 0 Å². The van der Waals surface area contributed by atoms with Crippen molar-refractivity contribution < 1.29 is 9.53 Å². The molecule has 0 radical (unpaired) electrons. The maximum absolute atomic E-state index is 12.2. The van der Waals surface area contributed by atoms with E-state index in [2.05, 4.69) is 21.8 Å². The second-order valence-corrected chi connectivity index (χ2v) is 6.03. The second kappa shape index (κ2) is 8.33. The molecular weight excluding hydrogens is 314 g/mol. The lowest BCUT2D eigenvalue weighted by Crippen LogP contribution is -2.23. The minimum atomic E-state index is -0.112. The summed E-state index contributed by atoms with van der Waals surface area (Å²) in [6, 6.07) is 11.1. The first-order chi connectivity index (χ1) is 12.3. The van der Waals surface area contributed by atoms with Gasteiger partial charge in [0.25, 0.3) is 5.91 Å².